The molecule has 1 heterocycles. The van der Waals surface area contributed by atoms with Crippen LogP contribution >= 0.6 is 0 Å². The fraction of sp³-hybridized carbons (Fsp3) is 0.231. The van der Waals surface area contributed by atoms with Crippen molar-refractivity contribution in [2.45, 2.75) is 6.54 Å². The summed E-state index contributed by atoms with van der Waals surface area (Å²) < 4.78 is 5.22. The molecule has 0 radical (unpaired) electrons. The number of methoxy groups -OCH3 is 1. The van der Waals surface area contributed by atoms with Crippen molar-refractivity contribution in [3.63, 3.8) is 0 Å². The van der Waals surface area contributed by atoms with Gasteiger partial charge >= 0.3 is 0 Å². The zero-order valence-corrected chi connectivity index (χ0v) is 17.7. The molecule has 1 amide bonds. The number of rotatable bonds is 6. The molecule has 0 unspecified atom stereocenters. The minimum atomic E-state index is -0.117. The van der Waals surface area contributed by atoms with Gasteiger partial charge < -0.3 is 14.5 Å². The number of quaternary nitrogens is 1. The van der Waals surface area contributed by atoms with Gasteiger partial charge in [-0.3, -0.25) is 9.59 Å². The van der Waals surface area contributed by atoms with Crippen molar-refractivity contribution in [1.82, 2.24) is 4.90 Å². The summed E-state index contributed by atoms with van der Waals surface area (Å²) in [6, 6.07) is 24.4. The Bertz CT molecular complexity index is 1040. The van der Waals surface area contributed by atoms with Crippen molar-refractivity contribution < 1.29 is 19.2 Å². The first-order chi connectivity index (χ1) is 15.2. The molecule has 5 heteroatoms. The number of hydrogen-bond acceptors (Lipinski definition) is 3. The Hall–Kier alpha value is -3.44. The molecule has 0 aliphatic carbocycles. The molecule has 0 spiro atoms. The monoisotopic (exact) mass is 415 g/mol. The number of amides is 1. The Labute approximate surface area is 182 Å². The molecule has 1 N–H and O–H groups in total. The van der Waals surface area contributed by atoms with Gasteiger partial charge in [0.2, 0.25) is 0 Å². The van der Waals surface area contributed by atoms with Crippen molar-refractivity contribution in [1.29, 1.82) is 0 Å². The predicted molar refractivity (Wildman–Crippen MR) is 120 cm³/mol. The highest BCUT2D eigenvalue weighted by atomic mass is 16.5. The smallest absolute Gasteiger partial charge is 0.255 e. The van der Waals surface area contributed by atoms with Gasteiger partial charge in [0.05, 0.1) is 38.9 Å². The fourth-order valence-electron chi connectivity index (χ4n) is 4.02. The standard InChI is InChI=1S/C26H26N2O3/c1-31-22-13-11-20(12-14-22)19-27-15-17-28(18-16-27)26(30)24-10-6-5-9-23(24)25(29)21-7-3-2-4-8-21/h2-14H,15-19H2,1H3/p+1. The number of hydrogen-bond donors (Lipinski definition) is 1. The Morgan fingerprint density at radius 2 is 1.45 bits per heavy atom. The number of ether oxygens (including phenoxy) is 1. The second-order valence-electron chi connectivity index (χ2n) is 7.81. The second-order valence-corrected chi connectivity index (χ2v) is 7.81. The highest BCUT2D eigenvalue weighted by Crippen LogP contribution is 2.17. The number of nitrogens with one attached hydrogen (secondary N) is 1. The first kappa shape index (κ1) is 20.8. The molecule has 1 aliphatic rings. The first-order valence-corrected chi connectivity index (χ1v) is 10.6. The van der Waals surface area contributed by atoms with Gasteiger partial charge in [0.15, 0.2) is 5.78 Å². The lowest BCUT2D eigenvalue weighted by molar-refractivity contribution is -0.917. The molecule has 4 rings (SSSR count). The quantitative estimate of drug-likeness (QED) is 0.630. The zero-order chi connectivity index (χ0) is 21.6. The number of carbonyl (C=O) groups excluding carboxylic acids is 2. The van der Waals surface area contributed by atoms with Crippen LogP contribution in [0.3, 0.4) is 0 Å². The number of ketones is 1. The first-order valence-electron chi connectivity index (χ1n) is 10.6. The van der Waals surface area contributed by atoms with E-state index in [-0.39, 0.29) is 11.7 Å². The molecule has 1 aliphatic heterocycles. The molecule has 31 heavy (non-hydrogen) atoms. The molecule has 0 aromatic heterocycles. The minimum absolute atomic E-state index is 0.0663. The molecule has 158 valence electrons. The van der Waals surface area contributed by atoms with Crippen LogP contribution in [0.15, 0.2) is 78.9 Å². The third kappa shape index (κ3) is 4.84. The number of benzene rings is 3. The summed E-state index contributed by atoms with van der Waals surface area (Å²) in [6.07, 6.45) is 0. The third-order valence-electron chi connectivity index (χ3n) is 5.81. The van der Waals surface area contributed by atoms with E-state index >= 15 is 0 Å². The van der Waals surface area contributed by atoms with Crippen LogP contribution in [0.4, 0.5) is 0 Å². The van der Waals surface area contributed by atoms with E-state index < -0.39 is 0 Å². The lowest BCUT2D eigenvalue weighted by Crippen LogP contribution is -3.13. The van der Waals surface area contributed by atoms with Gasteiger partial charge in [-0.1, -0.05) is 48.5 Å². The van der Waals surface area contributed by atoms with Crippen LogP contribution in [0.25, 0.3) is 0 Å². The summed E-state index contributed by atoms with van der Waals surface area (Å²) in [5.41, 5.74) is 2.80. The van der Waals surface area contributed by atoms with E-state index in [1.54, 1.807) is 31.4 Å². The summed E-state index contributed by atoms with van der Waals surface area (Å²) in [4.78, 5) is 29.5. The van der Waals surface area contributed by atoms with E-state index in [2.05, 4.69) is 12.1 Å². The summed E-state index contributed by atoms with van der Waals surface area (Å²) in [5, 5.41) is 0. The molecule has 0 bridgehead atoms. The topological polar surface area (TPSA) is 51.1 Å². The van der Waals surface area contributed by atoms with E-state index in [1.807, 2.05) is 47.4 Å². The van der Waals surface area contributed by atoms with Crippen LogP contribution in [0.5, 0.6) is 5.75 Å². The van der Waals surface area contributed by atoms with E-state index in [1.165, 1.54) is 10.5 Å². The van der Waals surface area contributed by atoms with E-state index in [9.17, 15) is 9.59 Å². The van der Waals surface area contributed by atoms with E-state index in [0.717, 1.165) is 25.4 Å². The molecule has 1 fully saturated rings. The Balaban J connectivity index is 1.41. The van der Waals surface area contributed by atoms with Crippen molar-refractivity contribution in [2.24, 2.45) is 0 Å². The summed E-state index contributed by atoms with van der Waals surface area (Å²) in [7, 11) is 1.67. The van der Waals surface area contributed by atoms with Gasteiger partial charge in [-0.15, -0.1) is 0 Å². The molecular weight excluding hydrogens is 388 g/mol. The normalized spacial score (nSPS) is 14.3. The Morgan fingerprint density at radius 3 is 2.10 bits per heavy atom. The maximum Gasteiger partial charge on any atom is 0.255 e. The SMILES string of the molecule is COc1ccc(C[NH+]2CCN(C(=O)c3ccccc3C(=O)c3ccccc3)CC2)cc1. The Morgan fingerprint density at radius 1 is 0.839 bits per heavy atom. The second kappa shape index (κ2) is 9.58. The van der Waals surface area contributed by atoms with Gasteiger partial charge in [0.1, 0.15) is 12.3 Å². The van der Waals surface area contributed by atoms with Gasteiger partial charge in [-0.25, -0.2) is 0 Å². The fourth-order valence-corrected chi connectivity index (χ4v) is 4.02. The van der Waals surface area contributed by atoms with Crippen molar-refractivity contribution in [2.75, 3.05) is 33.3 Å². The van der Waals surface area contributed by atoms with Crippen LogP contribution in [-0.4, -0.2) is 49.9 Å². The van der Waals surface area contributed by atoms with E-state index in [4.69, 9.17) is 4.74 Å². The van der Waals surface area contributed by atoms with Gasteiger partial charge in [0.25, 0.3) is 5.91 Å². The summed E-state index contributed by atoms with van der Waals surface area (Å²) >= 11 is 0. The van der Waals surface area contributed by atoms with E-state index in [0.29, 0.717) is 29.8 Å². The average molecular weight is 416 g/mol. The van der Waals surface area contributed by atoms with Crippen molar-refractivity contribution in [3.8, 4) is 5.75 Å². The number of nitrogens with zero attached hydrogens (tertiary/aromatic N) is 1. The molecule has 3 aromatic rings. The van der Waals surface area contributed by atoms with Crippen LogP contribution in [-0.2, 0) is 6.54 Å². The zero-order valence-electron chi connectivity index (χ0n) is 17.7. The minimum Gasteiger partial charge on any atom is -0.497 e. The third-order valence-corrected chi connectivity index (χ3v) is 5.81. The number of carbonyl (C=O) groups is 2. The molecule has 5 nitrogen and oxygen atoms in total. The average Bonchev–Trinajstić information content (AvgIpc) is 2.84. The molecule has 0 atom stereocenters. The van der Waals surface area contributed by atoms with Gasteiger partial charge in [0, 0.05) is 16.7 Å². The summed E-state index contributed by atoms with van der Waals surface area (Å²) in [6.45, 7) is 4.05. The van der Waals surface area contributed by atoms with Crippen LogP contribution < -0.4 is 9.64 Å². The largest absolute Gasteiger partial charge is 0.497 e. The molecular formula is C26H27N2O3+. The van der Waals surface area contributed by atoms with Crippen LogP contribution in [0.1, 0.15) is 31.8 Å². The summed E-state index contributed by atoms with van der Waals surface area (Å²) in [5.74, 6) is 0.676. The molecule has 0 saturated carbocycles. The van der Waals surface area contributed by atoms with Crippen LogP contribution in [0.2, 0.25) is 0 Å². The van der Waals surface area contributed by atoms with Gasteiger partial charge in [-0.05, 0) is 30.3 Å². The van der Waals surface area contributed by atoms with Crippen LogP contribution in [0, 0.1) is 0 Å². The Kier molecular flexibility index (Phi) is 6.43. The maximum atomic E-state index is 13.2. The lowest BCUT2D eigenvalue weighted by Gasteiger charge is -2.32. The van der Waals surface area contributed by atoms with Gasteiger partial charge in [-0.2, -0.15) is 0 Å². The maximum absolute atomic E-state index is 13.2. The highest BCUT2D eigenvalue weighted by Gasteiger charge is 2.27. The number of piperazine rings is 1. The predicted octanol–water partition coefficient (Wildman–Crippen LogP) is 2.47. The highest BCUT2D eigenvalue weighted by molar-refractivity contribution is 6.15. The van der Waals surface area contributed by atoms with Crippen molar-refractivity contribution >= 4 is 11.7 Å². The molecule has 3 aromatic carbocycles. The molecule has 1 saturated heterocycles. The lowest BCUT2D eigenvalue weighted by atomic mass is 9.97. The van der Waals surface area contributed by atoms with Crippen molar-refractivity contribution in [3.05, 3.63) is 101 Å².